The standard InChI is InChI=1S/C14H11BrClNO3/c1-9-5-6-13(11(16)7-9)20-8-10-3-2-4-12(14(10)15)17(18)19/h2-7H,8H2,1H3. The summed E-state index contributed by atoms with van der Waals surface area (Å²) in [6, 6.07) is 10.3. The molecule has 0 saturated heterocycles. The Morgan fingerprint density at radius 2 is 2.10 bits per heavy atom. The Balaban J connectivity index is 2.19. The van der Waals surface area contributed by atoms with Gasteiger partial charge in [0, 0.05) is 11.6 Å². The van der Waals surface area contributed by atoms with Gasteiger partial charge in [-0.15, -0.1) is 0 Å². The molecule has 104 valence electrons. The third kappa shape index (κ3) is 3.29. The Kier molecular flexibility index (Phi) is 4.62. The van der Waals surface area contributed by atoms with Crippen LogP contribution in [0, 0.1) is 17.0 Å². The lowest BCUT2D eigenvalue weighted by atomic mass is 10.2. The second-order valence-corrected chi connectivity index (χ2v) is 5.43. The molecule has 0 unspecified atom stereocenters. The van der Waals surface area contributed by atoms with Gasteiger partial charge in [-0.3, -0.25) is 10.1 Å². The van der Waals surface area contributed by atoms with E-state index in [4.69, 9.17) is 16.3 Å². The molecule has 0 aliphatic heterocycles. The molecule has 0 heterocycles. The van der Waals surface area contributed by atoms with E-state index in [9.17, 15) is 10.1 Å². The first-order valence-electron chi connectivity index (χ1n) is 5.80. The second kappa shape index (κ2) is 6.24. The van der Waals surface area contributed by atoms with Gasteiger partial charge in [0.15, 0.2) is 0 Å². The van der Waals surface area contributed by atoms with Crippen LogP contribution in [0.15, 0.2) is 40.9 Å². The van der Waals surface area contributed by atoms with Crippen molar-refractivity contribution in [2.75, 3.05) is 0 Å². The zero-order valence-corrected chi connectivity index (χ0v) is 12.9. The van der Waals surface area contributed by atoms with Crippen LogP contribution < -0.4 is 4.74 Å². The average molecular weight is 357 g/mol. The minimum absolute atomic E-state index is 0.0149. The number of rotatable bonds is 4. The number of benzene rings is 2. The van der Waals surface area contributed by atoms with E-state index in [0.29, 0.717) is 20.8 Å². The smallest absolute Gasteiger partial charge is 0.283 e. The SMILES string of the molecule is Cc1ccc(OCc2cccc([N+](=O)[O-])c2Br)c(Cl)c1. The van der Waals surface area contributed by atoms with E-state index in [-0.39, 0.29) is 12.3 Å². The lowest BCUT2D eigenvalue weighted by Gasteiger charge is -2.10. The number of hydrogen-bond acceptors (Lipinski definition) is 3. The number of nitrogens with zero attached hydrogens (tertiary/aromatic N) is 1. The fraction of sp³-hybridized carbons (Fsp3) is 0.143. The van der Waals surface area contributed by atoms with Gasteiger partial charge < -0.3 is 4.74 Å². The van der Waals surface area contributed by atoms with E-state index in [1.165, 1.54) is 6.07 Å². The van der Waals surface area contributed by atoms with Gasteiger partial charge in [-0.1, -0.05) is 29.8 Å². The molecule has 0 spiro atoms. The lowest BCUT2D eigenvalue weighted by molar-refractivity contribution is -0.385. The number of aryl methyl sites for hydroxylation is 1. The first kappa shape index (κ1) is 14.8. The van der Waals surface area contributed by atoms with Crippen molar-refractivity contribution < 1.29 is 9.66 Å². The van der Waals surface area contributed by atoms with E-state index >= 15 is 0 Å². The van der Waals surface area contributed by atoms with Gasteiger partial charge in [0.2, 0.25) is 0 Å². The molecule has 0 aliphatic rings. The fourth-order valence-electron chi connectivity index (χ4n) is 1.70. The molecule has 2 aromatic carbocycles. The van der Waals surface area contributed by atoms with Crippen molar-refractivity contribution in [1.29, 1.82) is 0 Å². The first-order chi connectivity index (χ1) is 9.49. The number of halogens is 2. The van der Waals surface area contributed by atoms with Crippen LogP contribution in [-0.4, -0.2) is 4.92 Å². The molecule has 0 saturated carbocycles. The van der Waals surface area contributed by atoms with Crippen molar-refractivity contribution in [1.82, 2.24) is 0 Å². The molecule has 2 aromatic rings. The van der Waals surface area contributed by atoms with Crippen LogP contribution in [-0.2, 0) is 6.61 Å². The number of nitro groups is 1. The molecule has 0 atom stereocenters. The van der Waals surface area contributed by atoms with Gasteiger partial charge in [0.25, 0.3) is 5.69 Å². The predicted octanol–water partition coefficient (Wildman–Crippen LogP) is 4.90. The Bertz CT molecular complexity index is 661. The van der Waals surface area contributed by atoms with Gasteiger partial charge in [-0.25, -0.2) is 0 Å². The third-order valence-electron chi connectivity index (χ3n) is 2.73. The van der Waals surface area contributed by atoms with E-state index in [1.807, 2.05) is 13.0 Å². The summed E-state index contributed by atoms with van der Waals surface area (Å²) in [5.74, 6) is 0.552. The molecule has 2 rings (SSSR count). The zero-order chi connectivity index (χ0) is 14.7. The Morgan fingerprint density at radius 1 is 1.35 bits per heavy atom. The predicted molar refractivity (Wildman–Crippen MR) is 81.3 cm³/mol. The van der Waals surface area contributed by atoms with Gasteiger partial charge in [0.1, 0.15) is 16.8 Å². The number of nitro benzene ring substituents is 1. The highest BCUT2D eigenvalue weighted by atomic mass is 79.9. The normalized spacial score (nSPS) is 10.3. The summed E-state index contributed by atoms with van der Waals surface area (Å²) < 4.78 is 6.03. The molecule has 0 radical (unpaired) electrons. The van der Waals surface area contributed by atoms with E-state index < -0.39 is 4.92 Å². The minimum Gasteiger partial charge on any atom is -0.487 e. The largest absolute Gasteiger partial charge is 0.487 e. The molecule has 20 heavy (non-hydrogen) atoms. The average Bonchev–Trinajstić information content (AvgIpc) is 2.39. The highest BCUT2D eigenvalue weighted by Crippen LogP contribution is 2.30. The zero-order valence-electron chi connectivity index (χ0n) is 10.6. The van der Waals surface area contributed by atoms with Crippen LogP contribution in [0.4, 0.5) is 5.69 Å². The molecular formula is C14H11BrClNO3. The topological polar surface area (TPSA) is 52.4 Å². The molecule has 4 nitrogen and oxygen atoms in total. The summed E-state index contributed by atoms with van der Waals surface area (Å²) in [5, 5.41) is 11.4. The summed E-state index contributed by atoms with van der Waals surface area (Å²) in [6.07, 6.45) is 0. The molecular weight excluding hydrogens is 346 g/mol. The van der Waals surface area contributed by atoms with E-state index in [2.05, 4.69) is 15.9 Å². The lowest BCUT2D eigenvalue weighted by Crippen LogP contribution is -1.99. The summed E-state index contributed by atoms with van der Waals surface area (Å²) >= 11 is 9.30. The van der Waals surface area contributed by atoms with Crippen LogP contribution in [0.2, 0.25) is 5.02 Å². The van der Waals surface area contributed by atoms with Gasteiger partial charge in [-0.2, -0.15) is 0 Å². The van der Waals surface area contributed by atoms with Gasteiger partial charge >= 0.3 is 0 Å². The number of ether oxygens (including phenoxy) is 1. The van der Waals surface area contributed by atoms with Crippen molar-refractivity contribution in [3.05, 3.63) is 67.1 Å². The molecule has 0 aromatic heterocycles. The highest BCUT2D eigenvalue weighted by Gasteiger charge is 2.15. The van der Waals surface area contributed by atoms with E-state index in [1.54, 1.807) is 24.3 Å². The van der Waals surface area contributed by atoms with Crippen molar-refractivity contribution in [3.8, 4) is 5.75 Å². The Hall–Kier alpha value is -1.59. The second-order valence-electron chi connectivity index (χ2n) is 4.23. The van der Waals surface area contributed by atoms with Crippen LogP contribution in [0.1, 0.15) is 11.1 Å². The summed E-state index contributed by atoms with van der Waals surface area (Å²) in [7, 11) is 0. The summed E-state index contributed by atoms with van der Waals surface area (Å²) in [6.45, 7) is 2.14. The van der Waals surface area contributed by atoms with Gasteiger partial charge in [0.05, 0.1) is 9.95 Å². The maximum absolute atomic E-state index is 10.9. The number of hydrogen-bond donors (Lipinski definition) is 0. The first-order valence-corrected chi connectivity index (χ1v) is 6.97. The molecule has 6 heteroatoms. The Labute approximate surface area is 129 Å². The monoisotopic (exact) mass is 355 g/mol. The van der Waals surface area contributed by atoms with Crippen LogP contribution in [0.25, 0.3) is 0 Å². The van der Waals surface area contributed by atoms with Crippen molar-refractivity contribution in [3.63, 3.8) is 0 Å². The van der Waals surface area contributed by atoms with Gasteiger partial charge in [-0.05, 0) is 40.5 Å². The maximum Gasteiger partial charge on any atom is 0.283 e. The van der Waals surface area contributed by atoms with Crippen LogP contribution in [0.3, 0.4) is 0 Å². The molecule has 0 bridgehead atoms. The quantitative estimate of drug-likeness (QED) is 0.578. The van der Waals surface area contributed by atoms with Crippen molar-refractivity contribution in [2.24, 2.45) is 0 Å². The molecule has 0 aliphatic carbocycles. The summed E-state index contributed by atoms with van der Waals surface area (Å²) in [4.78, 5) is 10.4. The summed E-state index contributed by atoms with van der Waals surface area (Å²) in [5.41, 5.74) is 1.75. The van der Waals surface area contributed by atoms with Crippen molar-refractivity contribution >= 4 is 33.2 Å². The Morgan fingerprint density at radius 3 is 2.75 bits per heavy atom. The third-order valence-corrected chi connectivity index (χ3v) is 3.94. The van der Waals surface area contributed by atoms with Crippen LogP contribution in [0.5, 0.6) is 5.75 Å². The van der Waals surface area contributed by atoms with Crippen LogP contribution >= 0.6 is 27.5 Å². The van der Waals surface area contributed by atoms with Crippen molar-refractivity contribution in [2.45, 2.75) is 13.5 Å². The maximum atomic E-state index is 10.9. The molecule has 0 N–H and O–H groups in total. The highest BCUT2D eigenvalue weighted by molar-refractivity contribution is 9.10. The fourth-order valence-corrected chi connectivity index (χ4v) is 2.51. The molecule has 0 amide bonds. The molecule has 0 fully saturated rings. The van der Waals surface area contributed by atoms with E-state index in [0.717, 1.165) is 5.56 Å². The minimum atomic E-state index is -0.438.